The molecule has 0 spiro atoms. The third-order valence-corrected chi connectivity index (χ3v) is 1.76. The van der Waals surface area contributed by atoms with Crippen molar-refractivity contribution in [3.05, 3.63) is 17.8 Å². The van der Waals surface area contributed by atoms with Crippen LogP contribution in [0.3, 0.4) is 0 Å². The molecule has 1 heterocycles. The van der Waals surface area contributed by atoms with Crippen LogP contribution in [0.25, 0.3) is 0 Å². The highest BCUT2D eigenvalue weighted by Gasteiger charge is 2.02. The number of aromatic nitrogens is 2. The van der Waals surface area contributed by atoms with Gasteiger partial charge in [0.25, 0.3) is 0 Å². The van der Waals surface area contributed by atoms with Gasteiger partial charge >= 0.3 is 0 Å². The molecule has 1 atom stereocenters. The molecule has 0 aliphatic rings. The first-order chi connectivity index (χ1) is 6.72. The van der Waals surface area contributed by atoms with Crippen LogP contribution in [0, 0.1) is 6.92 Å². The molecule has 1 aromatic heterocycles. The Morgan fingerprint density at radius 1 is 1.57 bits per heavy atom. The Bertz CT molecular complexity index is 278. The van der Waals surface area contributed by atoms with Gasteiger partial charge in [-0.3, -0.25) is 0 Å². The van der Waals surface area contributed by atoms with E-state index >= 15 is 0 Å². The monoisotopic (exact) mass is 195 g/mol. The van der Waals surface area contributed by atoms with Gasteiger partial charge in [0.2, 0.25) is 0 Å². The molecule has 0 radical (unpaired) electrons. The molecule has 1 N–H and O–H groups in total. The zero-order chi connectivity index (χ0) is 10.4. The molecule has 1 aromatic rings. The van der Waals surface area contributed by atoms with Crippen molar-refractivity contribution in [1.29, 1.82) is 0 Å². The van der Waals surface area contributed by atoms with E-state index in [4.69, 9.17) is 4.74 Å². The van der Waals surface area contributed by atoms with E-state index in [2.05, 4.69) is 22.4 Å². The average Bonchev–Trinajstić information content (AvgIpc) is 2.15. The fourth-order valence-corrected chi connectivity index (χ4v) is 1.12. The van der Waals surface area contributed by atoms with Gasteiger partial charge in [0.1, 0.15) is 5.82 Å². The lowest BCUT2D eigenvalue weighted by Crippen LogP contribution is -2.22. The van der Waals surface area contributed by atoms with Gasteiger partial charge in [0.05, 0.1) is 12.8 Å². The van der Waals surface area contributed by atoms with E-state index in [9.17, 15) is 0 Å². The van der Waals surface area contributed by atoms with Gasteiger partial charge in [-0.15, -0.1) is 5.10 Å². The molecule has 4 nitrogen and oxygen atoms in total. The van der Waals surface area contributed by atoms with Crippen LogP contribution in [-0.4, -0.2) is 29.5 Å². The van der Waals surface area contributed by atoms with Crippen LogP contribution in [-0.2, 0) is 4.74 Å². The summed E-state index contributed by atoms with van der Waals surface area (Å²) in [5.74, 6) is 0.803. The average molecular weight is 195 g/mol. The van der Waals surface area contributed by atoms with Crippen molar-refractivity contribution in [2.75, 3.05) is 18.5 Å². The molecule has 0 saturated heterocycles. The van der Waals surface area contributed by atoms with Crippen molar-refractivity contribution in [3.63, 3.8) is 0 Å². The van der Waals surface area contributed by atoms with Gasteiger partial charge in [0, 0.05) is 12.6 Å². The van der Waals surface area contributed by atoms with Crippen LogP contribution in [0.5, 0.6) is 0 Å². The second-order valence-electron chi connectivity index (χ2n) is 3.32. The van der Waals surface area contributed by atoms with E-state index in [-0.39, 0.29) is 6.04 Å². The van der Waals surface area contributed by atoms with E-state index in [0.717, 1.165) is 18.0 Å². The summed E-state index contributed by atoms with van der Waals surface area (Å²) in [7, 11) is 0. The van der Waals surface area contributed by atoms with E-state index in [0.29, 0.717) is 6.61 Å². The van der Waals surface area contributed by atoms with E-state index in [1.165, 1.54) is 0 Å². The maximum Gasteiger partial charge on any atom is 0.149 e. The summed E-state index contributed by atoms with van der Waals surface area (Å²) in [6.07, 6.45) is 1.73. The second-order valence-corrected chi connectivity index (χ2v) is 3.32. The number of nitrogens with zero attached hydrogens (tertiary/aromatic N) is 2. The molecule has 78 valence electrons. The molecule has 0 aromatic carbocycles. The Morgan fingerprint density at radius 2 is 2.36 bits per heavy atom. The number of anilines is 1. The van der Waals surface area contributed by atoms with Crippen molar-refractivity contribution in [1.82, 2.24) is 10.2 Å². The standard InChI is InChI=1S/C10H17N3O/c1-4-14-7-9(3)12-10-5-8(2)6-11-13-10/h5-6,9H,4,7H2,1-3H3,(H,12,13). The zero-order valence-corrected chi connectivity index (χ0v) is 8.95. The van der Waals surface area contributed by atoms with Gasteiger partial charge in [0.15, 0.2) is 0 Å². The van der Waals surface area contributed by atoms with Crippen molar-refractivity contribution >= 4 is 5.82 Å². The highest BCUT2D eigenvalue weighted by Crippen LogP contribution is 2.05. The summed E-state index contributed by atoms with van der Waals surface area (Å²) in [5.41, 5.74) is 1.10. The molecule has 1 rings (SSSR count). The van der Waals surface area contributed by atoms with Crippen LogP contribution >= 0.6 is 0 Å². The predicted molar refractivity (Wildman–Crippen MR) is 56.3 cm³/mol. The van der Waals surface area contributed by atoms with Crippen molar-refractivity contribution in [2.45, 2.75) is 26.8 Å². The predicted octanol–water partition coefficient (Wildman–Crippen LogP) is 1.62. The summed E-state index contributed by atoms with van der Waals surface area (Å²) in [5, 5.41) is 11.1. The highest BCUT2D eigenvalue weighted by molar-refractivity contribution is 5.35. The minimum Gasteiger partial charge on any atom is -0.380 e. The number of hydrogen-bond donors (Lipinski definition) is 1. The summed E-state index contributed by atoms with van der Waals surface area (Å²) in [6, 6.07) is 2.22. The maximum atomic E-state index is 5.29. The Hall–Kier alpha value is -1.16. The minimum atomic E-state index is 0.256. The molecule has 0 amide bonds. The number of ether oxygens (including phenoxy) is 1. The van der Waals surface area contributed by atoms with Crippen LogP contribution in [0.1, 0.15) is 19.4 Å². The number of rotatable bonds is 5. The second kappa shape index (κ2) is 5.54. The first-order valence-corrected chi connectivity index (χ1v) is 4.86. The summed E-state index contributed by atoms with van der Waals surface area (Å²) >= 11 is 0. The number of hydrogen-bond acceptors (Lipinski definition) is 4. The zero-order valence-electron chi connectivity index (χ0n) is 8.95. The van der Waals surface area contributed by atoms with Crippen LogP contribution in [0.15, 0.2) is 12.3 Å². The van der Waals surface area contributed by atoms with Gasteiger partial charge in [-0.2, -0.15) is 5.10 Å². The van der Waals surface area contributed by atoms with Crippen molar-refractivity contribution < 1.29 is 4.74 Å². The molecule has 1 unspecified atom stereocenters. The summed E-state index contributed by atoms with van der Waals surface area (Å²) in [6.45, 7) is 7.46. The molecular weight excluding hydrogens is 178 g/mol. The molecular formula is C10H17N3O. The Balaban J connectivity index is 2.43. The van der Waals surface area contributed by atoms with Crippen LogP contribution in [0.4, 0.5) is 5.82 Å². The number of nitrogens with one attached hydrogen (secondary N) is 1. The van der Waals surface area contributed by atoms with Crippen molar-refractivity contribution in [2.24, 2.45) is 0 Å². The Morgan fingerprint density at radius 3 is 3.00 bits per heavy atom. The molecule has 0 bridgehead atoms. The normalized spacial score (nSPS) is 12.5. The first kappa shape index (κ1) is 10.9. The van der Waals surface area contributed by atoms with E-state index in [1.807, 2.05) is 19.9 Å². The quantitative estimate of drug-likeness (QED) is 0.775. The third kappa shape index (κ3) is 3.70. The number of aryl methyl sites for hydroxylation is 1. The van der Waals surface area contributed by atoms with E-state index < -0.39 is 0 Å². The lowest BCUT2D eigenvalue weighted by molar-refractivity contribution is 0.141. The fraction of sp³-hybridized carbons (Fsp3) is 0.600. The Labute approximate surface area is 84.7 Å². The molecule has 0 aliphatic carbocycles. The van der Waals surface area contributed by atoms with Gasteiger partial charge < -0.3 is 10.1 Å². The first-order valence-electron chi connectivity index (χ1n) is 4.86. The van der Waals surface area contributed by atoms with Gasteiger partial charge in [-0.05, 0) is 32.4 Å². The van der Waals surface area contributed by atoms with Crippen molar-refractivity contribution in [3.8, 4) is 0 Å². The molecule has 0 saturated carbocycles. The SMILES string of the molecule is CCOCC(C)Nc1cc(C)cnn1. The lowest BCUT2D eigenvalue weighted by Gasteiger charge is -2.13. The van der Waals surface area contributed by atoms with Crippen LogP contribution < -0.4 is 5.32 Å². The van der Waals surface area contributed by atoms with Crippen LogP contribution in [0.2, 0.25) is 0 Å². The molecule has 14 heavy (non-hydrogen) atoms. The maximum absolute atomic E-state index is 5.29. The molecule has 0 fully saturated rings. The van der Waals surface area contributed by atoms with Gasteiger partial charge in [-0.25, -0.2) is 0 Å². The fourth-order valence-electron chi connectivity index (χ4n) is 1.12. The molecule has 0 aliphatic heterocycles. The third-order valence-electron chi connectivity index (χ3n) is 1.76. The highest BCUT2D eigenvalue weighted by atomic mass is 16.5. The topological polar surface area (TPSA) is 47.0 Å². The largest absolute Gasteiger partial charge is 0.380 e. The smallest absolute Gasteiger partial charge is 0.149 e. The molecule has 4 heteroatoms. The summed E-state index contributed by atoms with van der Waals surface area (Å²) in [4.78, 5) is 0. The summed E-state index contributed by atoms with van der Waals surface area (Å²) < 4.78 is 5.29. The van der Waals surface area contributed by atoms with E-state index in [1.54, 1.807) is 6.20 Å². The Kier molecular flexibility index (Phi) is 4.32. The minimum absolute atomic E-state index is 0.256. The van der Waals surface area contributed by atoms with Gasteiger partial charge in [-0.1, -0.05) is 0 Å². The lowest BCUT2D eigenvalue weighted by atomic mass is 10.3.